The fourth-order valence-electron chi connectivity index (χ4n) is 4.17. The Bertz CT molecular complexity index is 311. The van der Waals surface area contributed by atoms with Crippen LogP contribution in [0.4, 0.5) is 0 Å². The Labute approximate surface area is 116 Å². The number of likely N-dealkylation sites (tertiary alicyclic amines) is 1. The van der Waals surface area contributed by atoms with Crippen LogP contribution in [0.15, 0.2) is 0 Å². The van der Waals surface area contributed by atoms with Gasteiger partial charge >= 0.3 is 0 Å². The van der Waals surface area contributed by atoms with Crippen LogP contribution < -0.4 is 5.73 Å². The van der Waals surface area contributed by atoms with Crippen LogP contribution in [0.2, 0.25) is 0 Å². The maximum absolute atomic E-state index is 12.5. The third-order valence-electron chi connectivity index (χ3n) is 5.22. The van der Waals surface area contributed by atoms with E-state index in [0.717, 1.165) is 31.3 Å². The van der Waals surface area contributed by atoms with E-state index in [2.05, 4.69) is 11.8 Å². The van der Waals surface area contributed by atoms with Crippen molar-refractivity contribution in [3.05, 3.63) is 0 Å². The molecule has 18 heavy (non-hydrogen) atoms. The monoisotopic (exact) mass is 272 g/mol. The van der Waals surface area contributed by atoms with Crippen LogP contribution in [0.1, 0.15) is 39.0 Å². The van der Waals surface area contributed by atoms with E-state index in [4.69, 9.17) is 5.73 Å². The number of hydrogen-bond acceptors (Lipinski definition) is 2. The first-order chi connectivity index (χ1) is 8.22. The molecule has 3 fully saturated rings. The number of amides is 1. The van der Waals surface area contributed by atoms with Crippen molar-refractivity contribution in [2.75, 3.05) is 13.1 Å². The lowest BCUT2D eigenvalue weighted by molar-refractivity contribution is -0.133. The van der Waals surface area contributed by atoms with E-state index in [-0.39, 0.29) is 12.4 Å². The molecule has 2 aliphatic carbocycles. The Balaban J connectivity index is 0.00000120. The molecule has 4 unspecified atom stereocenters. The third kappa shape index (κ3) is 2.27. The first-order valence-electron chi connectivity index (χ1n) is 7.23. The van der Waals surface area contributed by atoms with Crippen LogP contribution in [0.3, 0.4) is 0 Å². The summed E-state index contributed by atoms with van der Waals surface area (Å²) in [7, 11) is 0. The number of hydrogen-bond donors (Lipinski definition) is 1. The highest BCUT2D eigenvalue weighted by atomic mass is 35.5. The second-order valence-electron chi connectivity index (χ2n) is 6.32. The molecular weight excluding hydrogens is 248 g/mol. The molecule has 0 spiro atoms. The second-order valence-corrected chi connectivity index (χ2v) is 6.32. The summed E-state index contributed by atoms with van der Waals surface area (Å²) in [6.45, 7) is 3.82. The number of carbonyl (C=O) groups excluding carboxylic acids is 1. The lowest BCUT2D eigenvalue weighted by atomic mass is 10.0. The molecule has 3 rings (SSSR count). The molecule has 4 heteroatoms. The first kappa shape index (κ1) is 14.1. The summed E-state index contributed by atoms with van der Waals surface area (Å²) in [4.78, 5) is 14.7. The molecule has 2 saturated carbocycles. The largest absolute Gasteiger partial charge is 0.339 e. The van der Waals surface area contributed by atoms with E-state index >= 15 is 0 Å². The van der Waals surface area contributed by atoms with Gasteiger partial charge in [0, 0.05) is 18.5 Å². The summed E-state index contributed by atoms with van der Waals surface area (Å²) in [5.41, 5.74) is 5.73. The quantitative estimate of drug-likeness (QED) is 0.836. The predicted octanol–water partition coefficient (Wildman–Crippen LogP) is 2.04. The lowest BCUT2D eigenvalue weighted by Gasteiger charge is -2.21. The Morgan fingerprint density at radius 3 is 2.39 bits per heavy atom. The molecular formula is C14H25ClN2O. The fourth-order valence-corrected chi connectivity index (χ4v) is 4.17. The highest BCUT2D eigenvalue weighted by Gasteiger charge is 2.56. The van der Waals surface area contributed by atoms with Crippen LogP contribution in [-0.2, 0) is 4.79 Å². The summed E-state index contributed by atoms with van der Waals surface area (Å²) in [5.74, 6) is 2.84. The smallest absolute Gasteiger partial charge is 0.226 e. The van der Waals surface area contributed by atoms with Crippen molar-refractivity contribution in [1.82, 2.24) is 4.90 Å². The van der Waals surface area contributed by atoms with Gasteiger partial charge < -0.3 is 10.6 Å². The number of fused-ring (bicyclic) bond motifs is 1. The average molecular weight is 273 g/mol. The SMILES string of the molecule is CC1CC(CN)CN1C(=O)C1C2CCCCC21.Cl. The van der Waals surface area contributed by atoms with Crippen LogP contribution >= 0.6 is 12.4 Å². The summed E-state index contributed by atoms with van der Waals surface area (Å²) in [6, 6.07) is 0.415. The normalized spacial score (nSPS) is 42.1. The minimum Gasteiger partial charge on any atom is -0.339 e. The molecule has 3 nitrogen and oxygen atoms in total. The van der Waals surface area contributed by atoms with E-state index in [9.17, 15) is 4.79 Å². The van der Waals surface area contributed by atoms with Crippen LogP contribution in [0.5, 0.6) is 0 Å². The molecule has 1 amide bonds. The molecule has 4 atom stereocenters. The molecule has 1 heterocycles. The van der Waals surface area contributed by atoms with Crippen molar-refractivity contribution in [3.63, 3.8) is 0 Å². The van der Waals surface area contributed by atoms with E-state index in [0.29, 0.717) is 23.8 Å². The van der Waals surface area contributed by atoms with Crippen molar-refractivity contribution in [2.45, 2.75) is 45.1 Å². The van der Waals surface area contributed by atoms with Gasteiger partial charge in [0.1, 0.15) is 0 Å². The molecule has 2 N–H and O–H groups in total. The lowest BCUT2D eigenvalue weighted by Crippen LogP contribution is -2.36. The average Bonchev–Trinajstić information content (AvgIpc) is 2.95. The maximum atomic E-state index is 12.5. The highest BCUT2D eigenvalue weighted by Crippen LogP contribution is 2.56. The topological polar surface area (TPSA) is 46.3 Å². The summed E-state index contributed by atoms with van der Waals surface area (Å²) in [5, 5.41) is 0. The van der Waals surface area contributed by atoms with Crippen molar-refractivity contribution < 1.29 is 4.79 Å². The Morgan fingerprint density at radius 2 is 1.89 bits per heavy atom. The molecule has 3 aliphatic rings. The van der Waals surface area contributed by atoms with E-state index < -0.39 is 0 Å². The molecule has 0 radical (unpaired) electrons. The predicted molar refractivity (Wildman–Crippen MR) is 74.5 cm³/mol. The maximum Gasteiger partial charge on any atom is 0.226 e. The molecule has 1 saturated heterocycles. The van der Waals surface area contributed by atoms with Gasteiger partial charge in [0.25, 0.3) is 0 Å². The van der Waals surface area contributed by atoms with Gasteiger partial charge in [-0.25, -0.2) is 0 Å². The minimum atomic E-state index is 0. The van der Waals surface area contributed by atoms with Crippen LogP contribution in [0.25, 0.3) is 0 Å². The van der Waals surface area contributed by atoms with Gasteiger partial charge in [-0.15, -0.1) is 12.4 Å². The Kier molecular flexibility index (Phi) is 4.22. The Morgan fingerprint density at radius 1 is 1.28 bits per heavy atom. The van der Waals surface area contributed by atoms with Gasteiger partial charge in [0.2, 0.25) is 5.91 Å². The zero-order chi connectivity index (χ0) is 12.0. The standard InChI is InChI=1S/C14H24N2O.ClH/c1-9-6-10(7-15)8-16(9)14(17)13-11-4-2-3-5-12(11)13;/h9-13H,2-8,15H2,1H3;1H. The zero-order valence-corrected chi connectivity index (χ0v) is 12.0. The van der Waals surface area contributed by atoms with Gasteiger partial charge in [-0.3, -0.25) is 4.79 Å². The van der Waals surface area contributed by atoms with E-state index in [1.165, 1.54) is 25.7 Å². The van der Waals surface area contributed by atoms with Gasteiger partial charge in [-0.2, -0.15) is 0 Å². The summed E-state index contributed by atoms with van der Waals surface area (Å²) >= 11 is 0. The number of nitrogens with two attached hydrogens (primary N) is 1. The number of halogens is 1. The van der Waals surface area contributed by atoms with Crippen LogP contribution in [-0.4, -0.2) is 29.9 Å². The summed E-state index contributed by atoms with van der Waals surface area (Å²) in [6.07, 6.45) is 6.37. The van der Waals surface area contributed by atoms with Crippen LogP contribution in [0, 0.1) is 23.7 Å². The molecule has 0 aromatic carbocycles. The molecule has 1 aliphatic heterocycles. The number of carbonyl (C=O) groups is 1. The minimum absolute atomic E-state index is 0. The van der Waals surface area contributed by atoms with Crippen molar-refractivity contribution in [3.8, 4) is 0 Å². The third-order valence-corrected chi connectivity index (χ3v) is 5.22. The first-order valence-corrected chi connectivity index (χ1v) is 7.23. The van der Waals surface area contributed by atoms with E-state index in [1.807, 2.05) is 0 Å². The van der Waals surface area contributed by atoms with Gasteiger partial charge in [0.05, 0.1) is 0 Å². The molecule has 0 bridgehead atoms. The van der Waals surface area contributed by atoms with Gasteiger partial charge in [-0.05, 0) is 50.5 Å². The van der Waals surface area contributed by atoms with Crippen molar-refractivity contribution >= 4 is 18.3 Å². The van der Waals surface area contributed by atoms with Crippen molar-refractivity contribution in [1.29, 1.82) is 0 Å². The van der Waals surface area contributed by atoms with Gasteiger partial charge in [0.15, 0.2) is 0 Å². The van der Waals surface area contributed by atoms with E-state index in [1.54, 1.807) is 0 Å². The number of nitrogens with zero attached hydrogens (tertiary/aromatic N) is 1. The Hall–Kier alpha value is -0.280. The highest BCUT2D eigenvalue weighted by molar-refractivity contribution is 5.85. The molecule has 104 valence electrons. The van der Waals surface area contributed by atoms with Gasteiger partial charge in [-0.1, -0.05) is 12.8 Å². The number of rotatable bonds is 2. The zero-order valence-electron chi connectivity index (χ0n) is 11.2. The molecule has 0 aromatic heterocycles. The molecule has 0 aromatic rings. The summed E-state index contributed by atoms with van der Waals surface area (Å²) < 4.78 is 0. The second kappa shape index (κ2) is 5.38. The van der Waals surface area contributed by atoms with Crippen molar-refractivity contribution in [2.24, 2.45) is 29.4 Å². The fraction of sp³-hybridized carbons (Fsp3) is 0.929.